The third kappa shape index (κ3) is 4.54. The van der Waals surface area contributed by atoms with Crippen molar-refractivity contribution >= 4 is 29.7 Å². The topological polar surface area (TPSA) is 64.6 Å². The molecule has 0 spiro atoms. The van der Waals surface area contributed by atoms with E-state index in [9.17, 15) is 18.4 Å². The summed E-state index contributed by atoms with van der Waals surface area (Å²) in [7, 11) is 0. The molecule has 20 heavy (non-hydrogen) atoms. The van der Waals surface area contributed by atoms with E-state index in [2.05, 4.69) is 21.1 Å². The molecule has 1 aromatic rings. The highest BCUT2D eigenvalue weighted by Crippen LogP contribution is 2.14. The molecule has 0 amide bonds. The minimum atomic E-state index is -1.11. The number of nitrogens with one attached hydrogen (secondary N) is 1. The predicted molar refractivity (Wildman–Crippen MR) is 69.4 cm³/mol. The van der Waals surface area contributed by atoms with Crippen molar-refractivity contribution in [2.45, 2.75) is 6.92 Å². The van der Waals surface area contributed by atoms with Gasteiger partial charge in [-0.05, 0) is 12.1 Å². The second-order valence-electron chi connectivity index (χ2n) is 3.38. The molecule has 0 atom stereocenters. The van der Waals surface area contributed by atoms with Gasteiger partial charge in [0.25, 0.3) is 0 Å². The number of benzene rings is 1. The summed E-state index contributed by atoms with van der Waals surface area (Å²) < 4.78 is 30.1. The van der Waals surface area contributed by atoms with Gasteiger partial charge >= 0.3 is 11.9 Å². The molecule has 0 aliphatic heterocycles. The fourth-order valence-electron chi connectivity index (χ4n) is 0.973. The van der Waals surface area contributed by atoms with Crippen molar-refractivity contribution in [3.8, 4) is 0 Å². The number of anilines is 1. The van der Waals surface area contributed by atoms with E-state index in [1.165, 1.54) is 0 Å². The Morgan fingerprint density at radius 2 is 2.00 bits per heavy atom. The summed E-state index contributed by atoms with van der Waals surface area (Å²) >= 11 is 0.850. The van der Waals surface area contributed by atoms with Crippen LogP contribution in [0.2, 0.25) is 0 Å². The zero-order valence-electron chi connectivity index (χ0n) is 10.4. The van der Waals surface area contributed by atoms with Crippen LogP contribution >= 0.6 is 12.0 Å². The fraction of sp³-hybridized carbons (Fsp3) is 0.167. The summed E-state index contributed by atoms with van der Waals surface area (Å²) in [6.07, 6.45) is 0. The number of hydrogen-bond donors (Lipinski definition) is 1. The van der Waals surface area contributed by atoms with E-state index < -0.39 is 29.1 Å². The van der Waals surface area contributed by atoms with E-state index in [-0.39, 0.29) is 5.69 Å². The smallest absolute Gasteiger partial charge is 0.369 e. The molecule has 8 heteroatoms. The molecule has 1 N–H and O–H groups in total. The average Bonchev–Trinajstić information content (AvgIpc) is 2.44. The molecule has 0 fully saturated rings. The standard InChI is InChI=1S/C12H11F2NO4S/c1-3-20-19-12(17)7(2)11(16)18-15-8-4-5-9(13)10(14)6-8/h4-6,15H,2-3H2,1H3. The van der Waals surface area contributed by atoms with Gasteiger partial charge in [-0.15, -0.1) is 0 Å². The van der Waals surface area contributed by atoms with Gasteiger partial charge in [0, 0.05) is 11.8 Å². The molecule has 0 aliphatic carbocycles. The van der Waals surface area contributed by atoms with Crippen LogP contribution in [0.1, 0.15) is 6.92 Å². The van der Waals surface area contributed by atoms with Crippen LogP contribution in [0, 0.1) is 11.6 Å². The molecular weight excluding hydrogens is 292 g/mol. The molecule has 1 rings (SSSR count). The highest BCUT2D eigenvalue weighted by atomic mass is 32.2. The number of carbonyl (C=O) groups excluding carboxylic acids is 2. The highest BCUT2D eigenvalue weighted by Gasteiger charge is 2.19. The van der Waals surface area contributed by atoms with Crippen molar-refractivity contribution in [2.75, 3.05) is 11.2 Å². The van der Waals surface area contributed by atoms with Crippen LogP contribution in [-0.4, -0.2) is 17.7 Å². The van der Waals surface area contributed by atoms with Crippen molar-refractivity contribution in [3.05, 3.63) is 42.0 Å². The first-order chi connectivity index (χ1) is 9.45. The molecule has 0 heterocycles. The lowest BCUT2D eigenvalue weighted by molar-refractivity contribution is -0.140. The Balaban J connectivity index is 2.52. The van der Waals surface area contributed by atoms with E-state index in [0.717, 1.165) is 30.2 Å². The van der Waals surface area contributed by atoms with E-state index >= 15 is 0 Å². The van der Waals surface area contributed by atoms with Crippen molar-refractivity contribution in [2.24, 2.45) is 0 Å². The Labute approximate surface area is 118 Å². The lowest BCUT2D eigenvalue weighted by Gasteiger charge is -2.08. The summed E-state index contributed by atoms with van der Waals surface area (Å²) in [5.41, 5.74) is 1.55. The summed E-state index contributed by atoms with van der Waals surface area (Å²) in [6.45, 7) is 4.97. The van der Waals surface area contributed by atoms with E-state index in [1.54, 1.807) is 6.92 Å². The largest absolute Gasteiger partial charge is 0.388 e. The van der Waals surface area contributed by atoms with Gasteiger partial charge in [-0.1, -0.05) is 13.5 Å². The number of halogens is 2. The molecule has 0 saturated carbocycles. The second kappa shape index (κ2) is 7.49. The van der Waals surface area contributed by atoms with E-state index in [0.29, 0.717) is 5.75 Å². The average molecular weight is 303 g/mol. The van der Waals surface area contributed by atoms with Gasteiger partial charge in [0.05, 0.1) is 17.7 Å². The third-order valence-corrected chi connectivity index (χ3v) is 2.43. The third-order valence-electron chi connectivity index (χ3n) is 1.93. The summed E-state index contributed by atoms with van der Waals surface area (Å²) in [5.74, 6) is -3.65. The molecule has 0 radical (unpaired) electrons. The SMILES string of the molecule is C=C(C(=O)ONc1ccc(F)c(F)c1)C(=O)OSCC. The molecule has 0 unspecified atom stereocenters. The molecule has 0 aliphatic rings. The van der Waals surface area contributed by atoms with Crippen LogP contribution < -0.4 is 5.48 Å². The zero-order valence-corrected chi connectivity index (χ0v) is 11.3. The van der Waals surface area contributed by atoms with Crippen LogP contribution in [-0.2, 0) is 18.6 Å². The van der Waals surface area contributed by atoms with Crippen LogP contribution in [0.15, 0.2) is 30.4 Å². The molecular formula is C12H11F2NO4S. The van der Waals surface area contributed by atoms with E-state index in [4.69, 9.17) is 0 Å². The quantitative estimate of drug-likeness (QED) is 0.286. The van der Waals surface area contributed by atoms with Crippen molar-refractivity contribution in [3.63, 3.8) is 0 Å². The lowest BCUT2D eigenvalue weighted by atomic mass is 10.3. The summed E-state index contributed by atoms with van der Waals surface area (Å²) in [6, 6.07) is 2.79. The Hall–Kier alpha value is -2.09. The van der Waals surface area contributed by atoms with Crippen LogP contribution in [0.3, 0.4) is 0 Å². The monoisotopic (exact) mass is 303 g/mol. The highest BCUT2D eigenvalue weighted by molar-refractivity contribution is 7.95. The first kappa shape index (κ1) is 16.0. The first-order valence-corrected chi connectivity index (χ1v) is 6.31. The maximum absolute atomic E-state index is 12.9. The molecule has 5 nitrogen and oxygen atoms in total. The maximum Gasteiger partial charge on any atom is 0.369 e. The van der Waals surface area contributed by atoms with Crippen LogP contribution in [0.4, 0.5) is 14.5 Å². The minimum Gasteiger partial charge on any atom is -0.388 e. The maximum atomic E-state index is 12.9. The lowest BCUT2D eigenvalue weighted by Crippen LogP contribution is -2.18. The van der Waals surface area contributed by atoms with Gasteiger partial charge in [-0.3, -0.25) is 0 Å². The minimum absolute atomic E-state index is 0.00125. The normalized spacial score (nSPS) is 9.75. The first-order valence-electron chi connectivity index (χ1n) is 5.40. The van der Waals surface area contributed by atoms with Gasteiger partial charge < -0.3 is 9.02 Å². The van der Waals surface area contributed by atoms with Crippen molar-refractivity contribution < 1.29 is 27.4 Å². The Bertz CT molecular complexity index is 536. The van der Waals surface area contributed by atoms with Crippen molar-refractivity contribution in [1.82, 2.24) is 0 Å². The van der Waals surface area contributed by atoms with Crippen molar-refractivity contribution in [1.29, 1.82) is 0 Å². The summed E-state index contributed by atoms with van der Waals surface area (Å²) in [4.78, 5) is 27.2. The molecule has 0 aromatic heterocycles. The molecule has 108 valence electrons. The predicted octanol–water partition coefficient (Wildman–Crippen LogP) is 2.60. The van der Waals surface area contributed by atoms with Gasteiger partial charge in [-0.25, -0.2) is 23.9 Å². The summed E-state index contributed by atoms with van der Waals surface area (Å²) in [5, 5.41) is 0. The molecule has 0 bridgehead atoms. The molecule has 1 aromatic carbocycles. The van der Waals surface area contributed by atoms with Gasteiger partial charge in [-0.2, -0.15) is 0 Å². The number of hydrogen-bond acceptors (Lipinski definition) is 6. The fourth-order valence-corrected chi connectivity index (χ4v) is 1.30. The van der Waals surface area contributed by atoms with Gasteiger partial charge in [0.2, 0.25) is 0 Å². The Kier molecular flexibility index (Phi) is 5.98. The van der Waals surface area contributed by atoms with Crippen LogP contribution in [0.25, 0.3) is 0 Å². The Morgan fingerprint density at radius 1 is 1.30 bits per heavy atom. The van der Waals surface area contributed by atoms with Gasteiger partial charge in [0.15, 0.2) is 11.6 Å². The molecule has 0 saturated heterocycles. The zero-order chi connectivity index (χ0) is 15.1. The Morgan fingerprint density at radius 3 is 2.60 bits per heavy atom. The number of rotatable bonds is 6. The van der Waals surface area contributed by atoms with Gasteiger partial charge in [0.1, 0.15) is 5.57 Å². The number of carbonyl (C=O) groups is 2. The van der Waals surface area contributed by atoms with Crippen LogP contribution in [0.5, 0.6) is 0 Å². The second-order valence-corrected chi connectivity index (χ2v) is 4.36. The van der Waals surface area contributed by atoms with E-state index in [1.807, 2.05) is 0 Å².